The zero-order valence-electron chi connectivity index (χ0n) is 20.4. The van der Waals surface area contributed by atoms with Crippen LogP contribution in [0.1, 0.15) is 59.9 Å². The van der Waals surface area contributed by atoms with Crippen molar-refractivity contribution >= 4 is 35.8 Å². The molecule has 180 valence electrons. The SMILES string of the molecule is CCCN(CCC)CCOCCNc1cc(=S)c1=O.CCNc1c(C(C)(C)C)c(=S)c1=O. The van der Waals surface area contributed by atoms with E-state index in [9.17, 15) is 9.59 Å². The Balaban J connectivity index is 0.000000343. The Labute approximate surface area is 202 Å². The smallest absolute Gasteiger partial charge is 0.220 e. The van der Waals surface area contributed by atoms with Crippen LogP contribution in [0.5, 0.6) is 0 Å². The fourth-order valence-corrected chi connectivity index (χ4v) is 4.16. The Kier molecular flexibility index (Phi) is 12.4. The number of ether oxygens (including phenoxy) is 1. The van der Waals surface area contributed by atoms with Gasteiger partial charge in [0.15, 0.2) is 0 Å². The van der Waals surface area contributed by atoms with Gasteiger partial charge < -0.3 is 20.3 Å². The van der Waals surface area contributed by atoms with Gasteiger partial charge in [-0.1, -0.05) is 59.1 Å². The quantitative estimate of drug-likeness (QED) is 0.318. The number of hydrogen-bond acceptors (Lipinski definition) is 8. The molecule has 32 heavy (non-hydrogen) atoms. The molecule has 0 saturated carbocycles. The molecule has 0 aliphatic rings. The molecule has 0 atom stereocenters. The second-order valence-corrected chi connectivity index (χ2v) is 9.67. The van der Waals surface area contributed by atoms with Gasteiger partial charge in [0, 0.05) is 25.2 Å². The van der Waals surface area contributed by atoms with Gasteiger partial charge >= 0.3 is 0 Å². The predicted octanol–water partition coefficient (Wildman–Crippen LogP) is 4.58. The first-order chi connectivity index (χ1) is 15.1. The molecule has 2 aromatic rings. The minimum Gasteiger partial charge on any atom is -0.382 e. The summed E-state index contributed by atoms with van der Waals surface area (Å²) in [6.07, 6.45) is 2.36. The number of anilines is 2. The summed E-state index contributed by atoms with van der Waals surface area (Å²) < 4.78 is 6.48. The maximum atomic E-state index is 11.3. The lowest BCUT2D eigenvalue weighted by molar-refractivity contribution is 0.111. The van der Waals surface area contributed by atoms with E-state index in [0.717, 1.165) is 44.0 Å². The molecular weight excluding hydrogens is 442 g/mol. The fourth-order valence-electron chi connectivity index (χ4n) is 3.42. The van der Waals surface area contributed by atoms with Gasteiger partial charge in [-0.05, 0) is 44.3 Å². The molecule has 0 spiro atoms. The molecule has 2 rings (SSSR count). The molecule has 0 aliphatic heterocycles. The summed E-state index contributed by atoms with van der Waals surface area (Å²) in [5, 5.41) is 6.08. The monoisotopic (exact) mass is 481 g/mol. The molecule has 0 aliphatic carbocycles. The van der Waals surface area contributed by atoms with Gasteiger partial charge in [0.1, 0.15) is 0 Å². The van der Waals surface area contributed by atoms with Crippen molar-refractivity contribution in [1.29, 1.82) is 0 Å². The minimum absolute atomic E-state index is 0.00164. The summed E-state index contributed by atoms with van der Waals surface area (Å²) in [4.78, 5) is 25.0. The molecule has 2 N–H and O–H groups in total. The van der Waals surface area contributed by atoms with Gasteiger partial charge in [-0.2, -0.15) is 0 Å². The van der Waals surface area contributed by atoms with Gasteiger partial charge in [0.2, 0.25) is 10.9 Å². The molecule has 6 nitrogen and oxygen atoms in total. The third kappa shape index (κ3) is 8.46. The largest absolute Gasteiger partial charge is 0.382 e. The summed E-state index contributed by atoms with van der Waals surface area (Å²) >= 11 is 9.80. The van der Waals surface area contributed by atoms with Crippen molar-refractivity contribution in [1.82, 2.24) is 4.90 Å². The normalized spacial score (nSPS) is 11.6. The van der Waals surface area contributed by atoms with E-state index in [1.165, 1.54) is 12.8 Å². The molecular formula is C24H39N3O3S2. The molecule has 0 radical (unpaired) electrons. The molecule has 0 heterocycles. The third-order valence-electron chi connectivity index (χ3n) is 4.95. The van der Waals surface area contributed by atoms with Crippen LogP contribution in [0, 0.1) is 9.02 Å². The van der Waals surface area contributed by atoms with E-state index >= 15 is 0 Å². The average Bonchev–Trinajstić information content (AvgIpc) is 2.74. The van der Waals surface area contributed by atoms with E-state index in [2.05, 4.69) is 50.2 Å². The Bertz CT molecular complexity index is 959. The van der Waals surface area contributed by atoms with Gasteiger partial charge in [0.05, 0.1) is 33.6 Å². The van der Waals surface area contributed by atoms with Crippen LogP contribution < -0.4 is 21.5 Å². The highest BCUT2D eigenvalue weighted by molar-refractivity contribution is 7.71. The van der Waals surface area contributed by atoms with E-state index in [1.54, 1.807) is 6.07 Å². The molecule has 0 amide bonds. The van der Waals surface area contributed by atoms with Crippen LogP contribution in [0.25, 0.3) is 0 Å². The van der Waals surface area contributed by atoms with Gasteiger partial charge in [-0.15, -0.1) is 0 Å². The zero-order chi connectivity index (χ0) is 24.3. The highest BCUT2D eigenvalue weighted by atomic mass is 32.1. The van der Waals surface area contributed by atoms with Crippen LogP contribution in [0.4, 0.5) is 11.4 Å². The molecule has 0 unspecified atom stereocenters. The van der Waals surface area contributed by atoms with Crippen molar-refractivity contribution in [2.75, 3.05) is 56.6 Å². The van der Waals surface area contributed by atoms with Crippen LogP contribution in [0.15, 0.2) is 15.7 Å². The summed E-state index contributed by atoms with van der Waals surface area (Å²) in [6, 6.07) is 1.70. The van der Waals surface area contributed by atoms with Gasteiger partial charge in [-0.25, -0.2) is 0 Å². The van der Waals surface area contributed by atoms with Crippen LogP contribution in [-0.2, 0) is 10.2 Å². The number of hydrogen-bond donors (Lipinski definition) is 2. The van der Waals surface area contributed by atoms with Crippen molar-refractivity contribution in [2.24, 2.45) is 0 Å². The molecule has 8 heteroatoms. The minimum atomic E-state index is -0.0490. The third-order valence-corrected chi connectivity index (χ3v) is 5.64. The topological polar surface area (TPSA) is 70.7 Å². The highest BCUT2D eigenvalue weighted by Gasteiger charge is 2.27. The average molecular weight is 482 g/mol. The lowest BCUT2D eigenvalue weighted by Gasteiger charge is -2.25. The van der Waals surface area contributed by atoms with Crippen molar-refractivity contribution in [3.8, 4) is 0 Å². The van der Waals surface area contributed by atoms with E-state index in [4.69, 9.17) is 29.2 Å². The fraction of sp³-hybridized carbons (Fsp3) is 0.667. The Morgan fingerprint density at radius 2 is 1.56 bits per heavy atom. The second-order valence-electron chi connectivity index (χ2n) is 8.82. The predicted molar refractivity (Wildman–Crippen MR) is 141 cm³/mol. The Morgan fingerprint density at radius 1 is 0.938 bits per heavy atom. The highest BCUT2D eigenvalue weighted by Crippen LogP contribution is 2.30. The Hall–Kier alpha value is -1.48. The summed E-state index contributed by atoms with van der Waals surface area (Å²) in [7, 11) is 0. The first kappa shape index (κ1) is 28.6. The number of nitrogens with zero attached hydrogens (tertiary/aromatic N) is 1. The van der Waals surface area contributed by atoms with E-state index in [1.807, 2.05) is 6.92 Å². The molecule has 0 saturated heterocycles. The van der Waals surface area contributed by atoms with Crippen LogP contribution >= 0.6 is 24.4 Å². The van der Waals surface area contributed by atoms with Gasteiger partial charge in [0.25, 0.3) is 0 Å². The van der Waals surface area contributed by atoms with Crippen molar-refractivity contribution < 1.29 is 4.74 Å². The maximum absolute atomic E-state index is 11.3. The van der Waals surface area contributed by atoms with Crippen molar-refractivity contribution in [3.63, 3.8) is 0 Å². The summed E-state index contributed by atoms with van der Waals surface area (Å²) in [5.74, 6) is 0. The number of nitrogens with one attached hydrogen (secondary N) is 2. The summed E-state index contributed by atoms with van der Waals surface area (Å²) in [5.41, 5.74) is 2.28. The van der Waals surface area contributed by atoms with E-state index < -0.39 is 0 Å². The first-order valence-corrected chi connectivity index (χ1v) is 12.3. The van der Waals surface area contributed by atoms with Crippen LogP contribution in [0.2, 0.25) is 0 Å². The van der Waals surface area contributed by atoms with E-state index in [0.29, 0.717) is 27.9 Å². The number of rotatable bonds is 13. The second kappa shape index (κ2) is 13.9. The lowest BCUT2D eigenvalue weighted by atomic mass is 9.83. The van der Waals surface area contributed by atoms with Crippen molar-refractivity contribution in [3.05, 3.63) is 41.1 Å². The van der Waals surface area contributed by atoms with E-state index in [-0.39, 0.29) is 16.3 Å². The van der Waals surface area contributed by atoms with Gasteiger partial charge in [-0.3, -0.25) is 9.59 Å². The standard InChI is InChI=1S/C14H24N2O2S.C10H15NOS/c1-3-6-16(7-4-2)8-10-18-9-5-15-12-11-13(19)14(12)17;1-5-11-7-6(10(2,3)4)9(13)8(7)12/h11,15H,3-10H2,1-2H3;11H,5H2,1-4H3. The molecule has 2 aromatic carbocycles. The summed E-state index contributed by atoms with van der Waals surface area (Å²) in [6.45, 7) is 18.6. The lowest BCUT2D eigenvalue weighted by Crippen LogP contribution is -2.29. The molecule has 0 bridgehead atoms. The van der Waals surface area contributed by atoms with Crippen molar-refractivity contribution in [2.45, 2.75) is 59.8 Å². The van der Waals surface area contributed by atoms with Crippen LogP contribution in [0.3, 0.4) is 0 Å². The Morgan fingerprint density at radius 3 is 2.03 bits per heavy atom. The first-order valence-electron chi connectivity index (χ1n) is 11.5. The maximum Gasteiger partial charge on any atom is 0.220 e. The van der Waals surface area contributed by atoms with Crippen LogP contribution in [-0.4, -0.2) is 50.8 Å². The zero-order valence-corrected chi connectivity index (χ0v) is 22.1. The molecule has 0 fully saturated rings. The molecule has 0 aromatic heterocycles.